The van der Waals surface area contributed by atoms with Crippen molar-refractivity contribution in [2.45, 2.75) is 11.8 Å². The van der Waals surface area contributed by atoms with E-state index in [0.717, 1.165) is 31.9 Å². The lowest BCUT2D eigenvalue weighted by Crippen LogP contribution is -2.44. The van der Waals surface area contributed by atoms with E-state index in [1.807, 2.05) is 12.1 Å². The van der Waals surface area contributed by atoms with E-state index in [-0.39, 0.29) is 10.7 Å². The topological polar surface area (TPSA) is 69.7 Å². The van der Waals surface area contributed by atoms with Gasteiger partial charge in [-0.15, -0.1) is 0 Å². The molecule has 1 aliphatic rings. The molecule has 1 saturated heterocycles. The maximum absolute atomic E-state index is 12.5. The third-order valence-electron chi connectivity index (χ3n) is 4.56. The number of piperazine rings is 1. The van der Waals surface area contributed by atoms with E-state index in [9.17, 15) is 13.2 Å². The molecule has 2 aromatic carbocycles. The number of carbonyl (C=O) groups is 1. The van der Waals surface area contributed by atoms with Gasteiger partial charge in [0.1, 0.15) is 0 Å². The van der Waals surface area contributed by atoms with Gasteiger partial charge in [0.2, 0.25) is 0 Å². The predicted octanol–water partition coefficient (Wildman–Crippen LogP) is 2.44. The molecule has 138 valence electrons. The summed E-state index contributed by atoms with van der Waals surface area (Å²) in [6.45, 7) is 5.41. The minimum absolute atomic E-state index is 0.0959. The Morgan fingerprint density at radius 2 is 1.50 bits per heavy atom. The van der Waals surface area contributed by atoms with Crippen LogP contribution in [0.2, 0.25) is 0 Å². The van der Waals surface area contributed by atoms with Gasteiger partial charge in [-0.1, -0.05) is 12.1 Å². The number of hydrogen-bond donors (Lipinski definition) is 1. The Balaban J connectivity index is 1.70. The summed E-state index contributed by atoms with van der Waals surface area (Å²) in [5.41, 5.74) is 2.09. The fourth-order valence-electron chi connectivity index (χ4n) is 2.89. The molecule has 26 heavy (non-hydrogen) atoms. The highest BCUT2D eigenvalue weighted by atomic mass is 32.2. The fourth-order valence-corrected chi connectivity index (χ4v) is 3.95. The Bertz CT molecular complexity index is 869. The van der Waals surface area contributed by atoms with Crippen LogP contribution in [-0.2, 0) is 10.0 Å². The molecule has 0 spiro atoms. The van der Waals surface area contributed by atoms with Crippen LogP contribution in [-0.4, -0.2) is 52.3 Å². The van der Waals surface area contributed by atoms with Crippen LogP contribution in [0.1, 0.15) is 17.3 Å². The van der Waals surface area contributed by atoms with Crippen LogP contribution in [0.3, 0.4) is 0 Å². The number of Topliss-reactive ketones (excluding diaryl/α,β-unsaturated/α-hetero) is 1. The third kappa shape index (κ3) is 4.23. The summed E-state index contributed by atoms with van der Waals surface area (Å²) in [7, 11) is -1.57. The standard InChI is InChI=1S/C19H23N3O3S/c1-15(23)16-3-9-19(10-4-16)26(24,25)20-17-5-7-18(8-6-17)22-13-11-21(2)12-14-22/h3-10,20H,11-14H2,1-2H3. The number of anilines is 2. The zero-order chi connectivity index (χ0) is 18.7. The molecule has 1 aliphatic heterocycles. The number of nitrogens with one attached hydrogen (secondary N) is 1. The Morgan fingerprint density at radius 1 is 0.923 bits per heavy atom. The van der Waals surface area contributed by atoms with Gasteiger partial charge in [-0.25, -0.2) is 8.42 Å². The number of likely N-dealkylation sites (N-methyl/N-ethyl adjacent to an activating group) is 1. The molecule has 1 fully saturated rings. The molecule has 0 aromatic heterocycles. The molecule has 6 nitrogen and oxygen atoms in total. The molecule has 0 bridgehead atoms. The SMILES string of the molecule is CC(=O)c1ccc(S(=O)(=O)Nc2ccc(N3CCN(C)CC3)cc2)cc1. The Kier molecular flexibility index (Phi) is 5.29. The maximum Gasteiger partial charge on any atom is 0.261 e. The lowest BCUT2D eigenvalue weighted by molar-refractivity contribution is 0.101. The Labute approximate surface area is 154 Å². The zero-order valence-electron chi connectivity index (χ0n) is 15.0. The minimum atomic E-state index is -3.68. The number of nitrogens with zero attached hydrogens (tertiary/aromatic N) is 2. The van der Waals surface area contributed by atoms with E-state index in [0.29, 0.717) is 11.3 Å². The van der Waals surface area contributed by atoms with Crippen molar-refractivity contribution < 1.29 is 13.2 Å². The number of carbonyl (C=O) groups excluding carboxylic acids is 1. The lowest BCUT2D eigenvalue weighted by Gasteiger charge is -2.34. The first-order valence-corrected chi connectivity index (χ1v) is 10.0. The van der Waals surface area contributed by atoms with E-state index in [2.05, 4.69) is 21.6 Å². The van der Waals surface area contributed by atoms with Gasteiger partial charge in [0.05, 0.1) is 4.90 Å². The quantitative estimate of drug-likeness (QED) is 0.816. The van der Waals surface area contributed by atoms with E-state index in [1.165, 1.54) is 31.2 Å². The monoisotopic (exact) mass is 373 g/mol. The van der Waals surface area contributed by atoms with E-state index in [1.54, 1.807) is 12.1 Å². The average Bonchev–Trinajstić information content (AvgIpc) is 2.63. The molecule has 7 heteroatoms. The normalized spacial score (nSPS) is 15.7. The second-order valence-electron chi connectivity index (χ2n) is 6.52. The van der Waals surface area contributed by atoms with Crippen LogP contribution >= 0.6 is 0 Å². The van der Waals surface area contributed by atoms with Crippen molar-refractivity contribution >= 4 is 27.2 Å². The lowest BCUT2D eigenvalue weighted by atomic mass is 10.2. The van der Waals surface area contributed by atoms with Crippen molar-refractivity contribution in [2.75, 3.05) is 42.8 Å². The van der Waals surface area contributed by atoms with Crippen LogP contribution in [0.25, 0.3) is 0 Å². The van der Waals surface area contributed by atoms with Gasteiger partial charge in [-0.3, -0.25) is 9.52 Å². The van der Waals surface area contributed by atoms with Crippen LogP contribution in [0.15, 0.2) is 53.4 Å². The summed E-state index contributed by atoms with van der Waals surface area (Å²) in [5.74, 6) is -0.0959. The Hall–Kier alpha value is -2.38. The average molecular weight is 373 g/mol. The fraction of sp³-hybridized carbons (Fsp3) is 0.316. The van der Waals surface area contributed by atoms with Gasteiger partial charge >= 0.3 is 0 Å². The van der Waals surface area contributed by atoms with Crippen molar-refractivity contribution in [2.24, 2.45) is 0 Å². The van der Waals surface area contributed by atoms with Crippen LogP contribution in [0.5, 0.6) is 0 Å². The molecule has 0 unspecified atom stereocenters. The van der Waals surface area contributed by atoms with Crippen LogP contribution in [0.4, 0.5) is 11.4 Å². The van der Waals surface area contributed by atoms with Crippen molar-refractivity contribution in [3.05, 3.63) is 54.1 Å². The molecule has 0 amide bonds. The van der Waals surface area contributed by atoms with Gasteiger partial charge in [-0.2, -0.15) is 0 Å². The molecule has 1 N–H and O–H groups in total. The van der Waals surface area contributed by atoms with Gasteiger partial charge < -0.3 is 9.80 Å². The highest BCUT2D eigenvalue weighted by Gasteiger charge is 2.16. The molecular formula is C19H23N3O3S. The molecule has 3 rings (SSSR count). The molecule has 0 saturated carbocycles. The maximum atomic E-state index is 12.5. The summed E-state index contributed by atoms with van der Waals surface area (Å²) in [6, 6.07) is 13.3. The number of benzene rings is 2. The van der Waals surface area contributed by atoms with Gasteiger partial charge in [0.15, 0.2) is 5.78 Å². The van der Waals surface area contributed by atoms with E-state index >= 15 is 0 Å². The van der Waals surface area contributed by atoms with Gasteiger partial charge in [0.25, 0.3) is 10.0 Å². The van der Waals surface area contributed by atoms with Crippen molar-refractivity contribution in [1.29, 1.82) is 0 Å². The third-order valence-corrected chi connectivity index (χ3v) is 5.96. The number of sulfonamides is 1. The first-order valence-electron chi connectivity index (χ1n) is 8.52. The predicted molar refractivity (Wildman–Crippen MR) is 103 cm³/mol. The zero-order valence-corrected chi connectivity index (χ0v) is 15.8. The number of rotatable bonds is 5. The molecule has 2 aromatic rings. The molecule has 0 aliphatic carbocycles. The van der Waals surface area contributed by atoms with Crippen molar-refractivity contribution in [3.63, 3.8) is 0 Å². The molecular weight excluding hydrogens is 350 g/mol. The van der Waals surface area contributed by atoms with Crippen LogP contribution in [0, 0.1) is 0 Å². The van der Waals surface area contributed by atoms with Gasteiger partial charge in [-0.05, 0) is 50.4 Å². The van der Waals surface area contributed by atoms with Gasteiger partial charge in [0, 0.05) is 43.1 Å². The van der Waals surface area contributed by atoms with E-state index in [4.69, 9.17) is 0 Å². The van der Waals surface area contributed by atoms with E-state index < -0.39 is 10.0 Å². The summed E-state index contributed by atoms with van der Waals surface area (Å²) >= 11 is 0. The highest BCUT2D eigenvalue weighted by molar-refractivity contribution is 7.92. The highest BCUT2D eigenvalue weighted by Crippen LogP contribution is 2.22. The largest absolute Gasteiger partial charge is 0.369 e. The summed E-state index contributed by atoms with van der Waals surface area (Å²) in [6.07, 6.45) is 0. The van der Waals surface area contributed by atoms with Crippen molar-refractivity contribution in [1.82, 2.24) is 4.90 Å². The molecule has 0 radical (unpaired) electrons. The minimum Gasteiger partial charge on any atom is -0.369 e. The smallest absolute Gasteiger partial charge is 0.261 e. The second-order valence-corrected chi connectivity index (χ2v) is 8.21. The molecule has 1 heterocycles. The summed E-state index contributed by atoms with van der Waals surface area (Å²) in [4.78, 5) is 16.0. The summed E-state index contributed by atoms with van der Waals surface area (Å²) < 4.78 is 27.6. The molecule has 0 atom stereocenters. The van der Waals surface area contributed by atoms with Crippen LogP contribution < -0.4 is 9.62 Å². The Morgan fingerprint density at radius 3 is 2.04 bits per heavy atom. The second kappa shape index (κ2) is 7.47. The first kappa shape index (κ1) is 18.4. The van der Waals surface area contributed by atoms with Crippen molar-refractivity contribution in [3.8, 4) is 0 Å². The first-order chi connectivity index (χ1) is 12.3. The summed E-state index contributed by atoms with van der Waals surface area (Å²) in [5, 5.41) is 0. The number of ketones is 1. The number of hydrogen-bond acceptors (Lipinski definition) is 5.